The van der Waals surface area contributed by atoms with Crippen molar-refractivity contribution in [3.8, 4) is 0 Å². The largest absolute Gasteiger partial charge is 0.347 e. The van der Waals surface area contributed by atoms with Crippen LogP contribution in [0.5, 0.6) is 0 Å². The van der Waals surface area contributed by atoms with Gasteiger partial charge in [-0.15, -0.1) is 0 Å². The van der Waals surface area contributed by atoms with Crippen molar-refractivity contribution in [1.29, 1.82) is 0 Å². The second-order valence-electron chi connectivity index (χ2n) is 7.10. The Morgan fingerprint density at radius 1 is 1.04 bits per heavy atom. The maximum absolute atomic E-state index is 12.2. The second kappa shape index (κ2) is 8.11. The summed E-state index contributed by atoms with van der Waals surface area (Å²) in [4.78, 5) is 25.1. The Morgan fingerprint density at radius 2 is 1.65 bits per heavy atom. The van der Waals surface area contributed by atoms with Gasteiger partial charge in [-0.1, -0.05) is 6.07 Å². The van der Waals surface area contributed by atoms with Gasteiger partial charge in [0.05, 0.1) is 6.54 Å². The third kappa shape index (κ3) is 7.28. The summed E-state index contributed by atoms with van der Waals surface area (Å²) in [6, 6.07) is 5.86. The summed E-state index contributed by atoms with van der Waals surface area (Å²) in [5.41, 5.74) is 2.89. The Balaban J connectivity index is 2.56. The van der Waals surface area contributed by atoms with E-state index in [1.807, 2.05) is 59.7 Å². The second-order valence-corrected chi connectivity index (χ2v) is 7.10. The number of carbonyl (C=O) groups is 2. The average Bonchev–Trinajstić information content (AvgIpc) is 2.40. The molecule has 1 aromatic rings. The van der Waals surface area contributed by atoms with E-state index >= 15 is 0 Å². The molecule has 1 unspecified atom stereocenters. The van der Waals surface area contributed by atoms with Gasteiger partial charge in [0.1, 0.15) is 0 Å². The molecule has 0 aromatic heterocycles. The lowest BCUT2D eigenvalue weighted by atomic mass is 10.1. The molecular formula is C18H30N3O2+. The highest BCUT2D eigenvalue weighted by Crippen LogP contribution is 2.13. The van der Waals surface area contributed by atoms with Crippen molar-refractivity contribution in [2.45, 2.75) is 47.1 Å². The zero-order valence-electron chi connectivity index (χ0n) is 15.2. The molecule has 1 rings (SSSR count). The number of hydrogen-bond donors (Lipinski definition) is 3. The Bertz CT molecular complexity index is 562. The minimum atomic E-state index is -0.252. The number of quaternary nitrogens is 1. The first-order valence-corrected chi connectivity index (χ1v) is 8.12. The SMILES string of the molecule is CC[NH+](CC(=O)Nc1ccc(C)c(C)c1)CC(=O)NC(C)(C)C. The van der Waals surface area contributed by atoms with Crippen LogP contribution in [0.25, 0.3) is 0 Å². The molecule has 23 heavy (non-hydrogen) atoms. The molecule has 0 aliphatic rings. The molecule has 128 valence electrons. The van der Waals surface area contributed by atoms with Crippen molar-refractivity contribution in [1.82, 2.24) is 5.32 Å². The van der Waals surface area contributed by atoms with Crippen LogP contribution in [0, 0.1) is 13.8 Å². The Kier molecular flexibility index (Phi) is 6.76. The molecule has 1 atom stereocenters. The van der Waals surface area contributed by atoms with E-state index in [2.05, 4.69) is 10.6 Å². The molecule has 0 radical (unpaired) electrons. The number of carbonyl (C=O) groups excluding carboxylic acids is 2. The normalized spacial score (nSPS) is 12.6. The number of nitrogens with one attached hydrogen (secondary N) is 3. The van der Waals surface area contributed by atoms with E-state index in [1.54, 1.807) is 0 Å². The molecule has 0 aliphatic carbocycles. The molecule has 0 saturated heterocycles. The third-order valence-corrected chi connectivity index (χ3v) is 3.63. The van der Waals surface area contributed by atoms with Gasteiger partial charge in [0.15, 0.2) is 13.1 Å². The van der Waals surface area contributed by atoms with Crippen molar-refractivity contribution in [2.24, 2.45) is 0 Å². The van der Waals surface area contributed by atoms with E-state index in [9.17, 15) is 9.59 Å². The molecule has 0 aliphatic heterocycles. The molecule has 1 aromatic carbocycles. The zero-order chi connectivity index (χ0) is 17.6. The molecule has 0 bridgehead atoms. The Morgan fingerprint density at radius 3 is 2.17 bits per heavy atom. The number of rotatable bonds is 6. The number of aryl methyl sites for hydroxylation is 2. The minimum absolute atomic E-state index is 0.0340. The smallest absolute Gasteiger partial charge is 0.279 e. The van der Waals surface area contributed by atoms with Gasteiger partial charge >= 0.3 is 0 Å². The van der Waals surface area contributed by atoms with Gasteiger partial charge in [-0.3, -0.25) is 9.59 Å². The highest BCUT2D eigenvalue weighted by molar-refractivity contribution is 5.91. The number of amides is 2. The van der Waals surface area contributed by atoms with Gasteiger partial charge in [-0.2, -0.15) is 0 Å². The summed E-state index contributed by atoms with van der Waals surface area (Å²) >= 11 is 0. The third-order valence-electron chi connectivity index (χ3n) is 3.63. The van der Waals surface area contributed by atoms with E-state index in [0.717, 1.165) is 22.7 Å². The van der Waals surface area contributed by atoms with E-state index in [0.29, 0.717) is 6.54 Å². The molecule has 2 amide bonds. The van der Waals surface area contributed by atoms with Crippen LogP contribution in [0.3, 0.4) is 0 Å². The van der Waals surface area contributed by atoms with Crippen molar-refractivity contribution < 1.29 is 14.5 Å². The van der Waals surface area contributed by atoms with Crippen LogP contribution in [0.2, 0.25) is 0 Å². The van der Waals surface area contributed by atoms with Crippen molar-refractivity contribution >= 4 is 17.5 Å². The maximum atomic E-state index is 12.2. The fourth-order valence-electron chi connectivity index (χ4n) is 2.25. The first kappa shape index (κ1) is 19.2. The highest BCUT2D eigenvalue weighted by atomic mass is 16.2. The van der Waals surface area contributed by atoms with Crippen LogP contribution in [-0.4, -0.2) is 37.0 Å². The van der Waals surface area contributed by atoms with Crippen LogP contribution in [0.4, 0.5) is 5.69 Å². The Hall–Kier alpha value is -1.88. The van der Waals surface area contributed by atoms with Gasteiger partial charge in [-0.25, -0.2) is 0 Å². The number of hydrogen-bond acceptors (Lipinski definition) is 2. The molecule has 0 fully saturated rings. The molecule has 3 N–H and O–H groups in total. The van der Waals surface area contributed by atoms with Crippen LogP contribution in [0.15, 0.2) is 18.2 Å². The topological polar surface area (TPSA) is 62.6 Å². The summed E-state index contributed by atoms with van der Waals surface area (Å²) in [7, 11) is 0. The predicted octanol–water partition coefficient (Wildman–Crippen LogP) is 1.06. The van der Waals surface area contributed by atoms with Crippen molar-refractivity contribution in [3.63, 3.8) is 0 Å². The van der Waals surface area contributed by atoms with Crippen LogP contribution in [0.1, 0.15) is 38.8 Å². The van der Waals surface area contributed by atoms with Gasteiger partial charge in [0.25, 0.3) is 11.8 Å². The maximum Gasteiger partial charge on any atom is 0.279 e. The van der Waals surface area contributed by atoms with Crippen molar-refractivity contribution in [2.75, 3.05) is 25.0 Å². The predicted molar refractivity (Wildman–Crippen MR) is 93.7 cm³/mol. The first-order valence-electron chi connectivity index (χ1n) is 8.12. The van der Waals surface area contributed by atoms with E-state index < -0.39 is 0 Å². The molecule has 0 heterocycles. The summed E-state index contributed by atoms with van der Waals surface area (Å²) in [6.07, 6.45) is 0. The van der Waals surface area contributed by atoms with Gasteiger partial charge in [0.2, 0.25) is 0 Å². The van der Waals surface area contributed by atoms with Gasteiger partial charge in [-0.05, 0) is 64.8 Å². The van der Waals surface area contributed by atoms with E-state index in [4.69, 9.17) is 0 Å². The van der Waals surface area contributed by atoms with E-state index in [-0.39, 0.29) is 23.9 Å². The molecular weight excluding hydrogens is 290 g/mol. The van der Waals surface area contributed by atoms with E-state index in [1.165, 1.54) is 5.56 Å². The first-order chi connectivity index (χ1) is 10.6. The average molecular weight is 320 g/mol. The molecule has 5 heteroatoms. The number of benzene rings is 1. The monoisotopic (exact) mass is 320 g/mol. The minimum Gasteiger partial charge on any atom is -0.347 e. The molecule has 5 nitrogen and oxygen atoms in total. The van der Waals surface area contributed by atoms with Crippen LogP contribution < -0.4 is 15.5 Å². The van der Waals surface area contributed by atoms with Crippen LogP contribution >= 0.6 is 0 Å². The van der Waals surface area contributed by atoms with Gasteiger partial charge < -0.3 is 15.5 Å². The summed E-state index contributed by atoms with van der Waals surface area (Å²) in [6.45, 7) is 13.2. The van der Waals surface area contributed by atoms with Gasteiger partial charge in [0, 0.05) is 11.2 Å². The van der Waals surface area contributed by atoms with Crippen LogP contribution in [-0.2, 0) is 9.59 Å². The highest BCUT2D eigenvalue weighted by Gasteiger charge is 2.20. The van der Waals surface area contributed by atoms with Crippen molar-refractivity contribution in [3.05, 3.63) is 29.3 Å². The Labute approximate surface area is 139 Å². The fraction of sp³-hybridized carbons (Fsp3) is 0.556. The fourth-order valence-corrected chi connectivity index (χ4v) is 2.25. The molecule has 0 spiro atoms. The quantitative estimate of drug-likeness (QED) is 0.734. The number of likely N-dealkylation sites (N-methyl/N-ethyl adjacent to an activating group) is 1. The lowest BCUT2D eigenvalue weighted by Gasteiger charge is -2.23. The summed E-state index contributed by atoms with van der Waals surface area (Å²) in [5.74, 6) is -0.109. The standard InChI is InChI=1S/C18H29N3O2/c1-7-21(12-17(23)20-18(4,5)6)11-16(22)19-15-9-8-13(2)14(3)10-15/h8-10H,7,11-12H2,1-6H3,(H,19,22)(H,20,23)/p+1. The molecule has 0 saturated carbocycles. The number of anilines is 1. The summed E-state index contributed by atoms with van der Waals surface area (Å²) < 4.78 is 0. The lowest BCUT2D eigenvalue weighted by Crippen LogP contribution is -3.14. The lowest BCUT2D eigenvalue weighted by molar-refractivity contribution is -0.881. The summed E-state index contributed by atoms with van der Waals surface area (Å²) in [5, 5.41) is 5.83. The zero-order valence-corrected chi connectivity index (χ0v) is 15.2.